The molecule has 2 aromatic carbocycles. The van der Waals surface area contributed by atoms with Gasteiger partial charge in [-0.3, -0.25) is 9.59 Å². The number of amides is 2. The van der Waals surface area contributed by atoms with Gasteiger partial charge in [0.2, 0.25) is 11.8 Å². The highest BCUT2D eigenvalue weighted by Crippen LogP contribution is 2.28. The zero-order valence-corrected chi connectivity index (χ0v) is 19.3. The smallest absolute Gasteiger partial charge is 0.230 e. The van der Waals surface area contributed by atoms with Gasteiger partial charge in [-0.25, -0.2) is 4.98 Å². The molecular weight excluding hydrogens is 422 g/mol. The molecule has 0 aliphatic carbocycles. The van der Waals surface area contributed by atoms with E-state index >= 15 is 0 Å². The first kappa shape index (κ1) is 21.8. The van der Waals surface area contributed by atoms with Crippen LogP contribution >= 0.6 is 11.3 Å². The zero-order valence-electron chi connectivity index (χ0n) is 18.5. The zero-order chi connectivity index (χ0) is 22.8. The topological polar surface area (TPSA) is 84.2 Å². The number of benzene rings is 2. The van der Waals surface area contributed by atoms with Crippen molar-refractivity contribution in [1.82, 2.24) is 10.3 Å². The van der Waals surface area contributed by atoms with E-state index in [0.717, 1.165) is 44.5 Å². The van der Waals surface area contributed by atoms with Gasteiger partial charge in [0.25, 0.3) is 0 Å². The first-order valence-corrected chi connectivity index (χ1v) is 11.3. The Bertz CT molecular complexity index is 1290. The number of hydrogen-bond donors (Lipinski definition) is 2. The van der Waals surface area contributed by atoms with Crippen LogP contribution in [0.1, 0.15) is 42.1 Å². The number of carbonyl (C=O) groups is 2. The molecule has 0 radical (unpaired) electrons. The van der Waals surface area contributed by atoms with Crippen LogP contribution in [0.4, 0.5) is 5.13 Å². The second-order valence-corrected chi connectivity index (χ2v) is 8.81. The molecule has 0 aliphatic rings. The lowest BCUT2D eigenvalue weighted by Gasteiger charge is -2.13. The number of rotatable bonds is 6. The summed E-state index contributed by atoms with van der Waals surface area (Å²) >= 11 is 1.39. The maximum atomic E-state index is 12.6. The number of aromatic nitrogens is 1. The number of furan rings is 1. The van der Waals surface area contributed by atoms with Crippen molar-refractivity contribution in [3.8, 4) is 11.3 Å². The summed E-state index contributed by atoms with van der Waals surface area (Å²) in [6.45, 7) is 7.52. The average Bonchev–Trinajstić information content (AvgIpc) is 3.38. The Balaban J connectivity index is 1.43. The molecule has 4 aromatic rings. The molecule has 2 N–H and O–H groups in total. The molecule has 4 rings (SSSR count). The van der Waals surface area contributed by atoms with E-state index in [4.69, 9.17) is 4.42 Å². The standard InChI is InChI=1S/C25H25N3O3S/c1-14-5-10-21-20(12-31-24(21)15(14)2)11-23(30)28-25-27-22(13-32-25)19-8-6-18(7-9-19)16(3)26-17(4)29/h5-10,12-13,16H,11H2,1-4H3,(H,26,29)(H,27,28,30). The minimum absolute atomic E-state index is 0.0569. The Morgan fingerprint density at radius 2 is 1.88 bits per heavy atom. The molecular formula is C25H25N3O3S. The van der Waals surface area contributed by atoms with Crippen molar-refractivity contribution in [3.05, 3.63) is 70.3 Å². The first-order chi connectivity index (χ1) is 15.3. The van der Waals surface area contributed by atoms with E-state index in [9.17, 15) is 9.59 Å². The third-order valence-electron chi connectivity index (χ3n) is 5.57. The predicted molar refractivity (Wildman–Crippen MR) is 128 cm³/mol. The SMILES string of the molecule is CC(=O)NC(C)c1ccc(-c2csc(NC(=O)Cc3coc4c(C)c(C)ccc34)n2)cc1. The molecule has 0 saturated heterocycles. The van der Waals surface area contributed by atoms with E-state index in [-0.39, 0.29) is 24.3 Å². The van der Waals surface area contributed by atoms with Crippen LogP contribution in [0.15, 0.2) is 52.5 Å². The molecule has 0 bridgehead atoms. The van der Waals surface area contributed by atoms with Crippen LogP contribution < -0.4 is 10.6 Å². The molecule has 2 amide bonds. The molecule has 1 unspecified atom stereocenters. The van der Waals surface area contributed by atoms with Gasteiger partial charge in [0.1, 0.15) is 5.58 Å². The molecule has 0 fully saturated rings. The lowest BCUT2D eigenvalue weighted by Crippen LogP contribution is -2.23. The van der Waals surface area contributed by atoms with Crippen molar-refractivity contribution >= 4 is 39.3 Å². The molecule has 1 atom stereocenters. The number of thiazole rings is 1. The van der Waals surface area contributed by atoms with Crippen molar-refractivity contribution in [1.29, 1.82) is 0 Å². The summed E-state index contributed by atoms with van der Waals surface area (Å²) in [6.07, 6.45) is 1.88. The first-order valence-electron chi connectivity index (χ1n) is 10.4. The Kier molecular flexibility index (Phi) is 6.10. The highest BCUT2D eigenvalue weighted by atomic mass is 32.1. The molecule has 2 aromatic heterocycles. The Morgan fingerprint density at radius 1 is 1.12 bits per heavy atom. The number of fused-ring (bicyclic) bond motifs is 1. The lowest BCUT2D eigenvalue weighted by atomic mass is 10.0. The fourth-order valence-electron chi connectivity index (χ4n) is 3.66. The summed E-state index contributed by atoms with van der Waals surface area (Å²) in [7, 11) is 0. The summed E-state index contributed by atoms with van der Waals surface area (Å²) < 4.78 is 5.71. The third kappa shape index (κ3) is 4.57. The second kappa shape index (κ2) is 8.96. The van der Waals surface area contributed by atoms with E-state index in [1.54, 1.807) is 6.26 Å². The van der Waals surface area contributed by atoms with Crippen molar-refractivity contribution in [2.24, 2.45) is 0 Å². The van der Waals surface area contributed by atoms with E-state index in [0.29, 0.717) is 5.13 Å². The van der Waals surface area contributed by atoms with Gasteiger partial charge in [-0.05, 0) is 37.5 Å². The van der Waals surface area contributed by atoms with Crippen molar-refractivity contribution in [3.63, 3.8) is 0 Å². The van der Waals surface area contributed by atoms with Gasteiger partial charge in [-0.15, -0.1) is 11.3 Å². The number of aryl methyl sites for hydroxylation is 2. The van der Waals surface area contributed by atoms with Crippen molar-refractivity contribution < 1.29 is 14.0 Å². The maximum absolute atomic E-state index is 12.6. The van der Waals surface area contributed by atoms with Crippen molar-refractivity contribution in [2.75, 3.05) is 5.32 Å². The van der Waals surface area contributed by atoms with Gasteiger partial charge in [0.05, 0.1) is 24.4 Å². The summed E-state index contributed by atoms with van der Waals surface area (Å²) in [5, 5.41) is 9.21. The Hall–Kier alpha value is -3.45. The van der Waals surface area contributed by atoms with Gasteiger partial charge in [-0.1, -0.05) is 36.4 Å². The molecule has 2 heterocycles. The predicted octanol–water partition coefficient (Wildman–Crippen LogP) is 5.55. The molecule has 7 heteroatoms. The van der Waals surface area contributed by atoms with Crippen LogP contribution in [0.3, 0.4) is 0 Å². The van der Waals surface area contributed by atoms with Gasteiger partial charge < -0.3 is 15.1 Å². The fraction of sp³-hybridized carbons (Fsp3) is 0.240. The number of nitrogens with one attached hydrogen (secondary N) is 2. The summed E-state index contributed by atoms with van der Waals surface area (Å²) in [5.74, 6) is -0.193. The maximum Gasteiger partial charge on any atom is 0.230 e. The number of carbonyl (C=O) groups excluding carboxylic acids is 2. The Morgan fingerprint density at radius 3 is 2.59 bits per heavy atom. The van der Waals surface area contributed by atoms with Crippen LogP contribution in [0.5, 0.6) is 0 Å². The van der Waals surface area contributed by atoms with Gasteiger partial charge >= 0.3 is 0 Å². The molecule has 164 valence electrons. The third-order valence-corrected chi connectivity index (χ3v) is 6.33. The van der Waals surface area contributed by atoms with Crippen LogP contribution in [0, 0.1) is 13.8 Å². The van der Waals surface area contributed by atoms with Crippen molar-refractivity contribution in [2.45, 2.75) is 40.2 Å². The molecule has 0 aliphatic heterocycles. The normalized spacial score (nSPS) is 12.0. The van der Waals surface area contributed by atoms with Gasteiger partial charge in [0.15, 0.2) is 5.13 Å². The summed E-state index contributed by atoms with van der Waals surface area (Å²) in [5.41, 5.74) is 6.72. The highest BCUT2D eigenvalue weighted by molar-refractivity contribution is 7.14. The molecule has 32 heavy (non-hydrogen) atoms. The van der Waals surface area contributed by atoms with Gasteiger partial charge in [-0.2, -0.15) is 0 Å². The summed E-state index contributed by atoms with van der Waals surface area (Å²) in [6, 6.07) is 11.9. The minimum atomic E-state index is -0.133. The minimum Gasteiger partial charge on any atom is -0.464 e. The number of anilines is 1. The van der Waals surface area contributed by atoms with Gasteiger partial charge in [0, 0.05) is 28.8 Å². The average molecular weight is 448 g/mol. The van der Waals surface area contributed by atoms with Crippen LogP contribution in [-0.2, 0) is 16.0 Å². The second-order valence-electron chi connectivity index (χ2n) is 7.95. The largest absolute Gasteiger partial charge is 0.464 e. The Labute approximate surface area is 190 Å². The van der Waals surface area contributed by atoms with E-state index in [2.05, 4.69) is 15.6 Å². The van der Waals surface area contributed by atoms with Crippen LogP contribution in [0.25, 0.3) is 22.2 Å². The van der Waals surface area contributed by atoms with E-state index < -0.39 is 0 Å². The number of nitrogens with zero attached hydrogens (tertiary/aromatic N) is 1. The molecule has 0 saturated carbocycles. The van der Waals surface area contributed by atoms with Crippen LogP contribution in [0.2, 0.25) is 0 Å². The van der Waals surface area contributed by atoms with Crippen LogP contribution in [-0.4, -0.2) is 16.8 Å². The number of hydrogen-bond acceptors (Lipinski definition) is 5. The van der Waals surface area contributed by atoms with E-state index in [1.165, 1.54) is 18.3 Å². The molecule has 6 nitrogen and oxygen atoms in total. The summed E-state index contributed by atoms with van der Waals surface area (Å²) in [4.78, 5) is 28.4. The lowest BCUT2D eigenvalue weighted by molar-refractivity contribution is -0.119. The highest BCUT2D eigenvalue weighted by Gasteiger charge is 2.15. The monoisotopic (exact) mass is 447 g/mol. The fourth-order valence-corrected chi connectivity index (χ4v) is 4.39. The van der Waals surface area contributed by atoms with E-state index in [1.807, 2.05) is 62.5 Å². The quantitative estimate of drug-likeness (QED) is 0.406. The molecule has 0 spiro atoms.